The number of piperazine rings is 1. The zero-order valence-electron chi connectivity index (χ0n) is 18.2. The minimum Gasteiger partial charge on any atom is -0.493 e. The largest absolute Gasteiger partial charge is 0.493 e. The molecule has 1 aliphatic rings. The maximum absolute atomic E-state index is 12.8. The smallest absolute Gasteiger partial charge is 0.409 e. The van der Waals surface area contributed by atoms with Gasteiger partial charge in [0, 0.05) is 31.6 Å². The zero-order valence-corrected chi connectivity index (χ0v) is 18.2. The summed E-state index contributed by atoms with van der Waals surface area (Å²) in [7, 11) is 3.08. The maximum Gasteiger partial charge on any atom is 0.409 e. The number of hydrogen-bond donors (Lipinski definition) is 2. The fraction of sp³-hybridized carbons (Fsp3) is 0.476. The number of amides is 3. The number of nitrogens with zero attached hydrogens (tertiary/aromatic N) is 2. The van der Waals surface area contributed by atoms with E-state index in [2.05, 4.69) is 10.3 Å². The molecular weight excluding hydrogens is 404 g/mol. The number of carbonyl (C=O) groups is 3. The lowest BCUT2D eigenvalue weighted by molar-refractivity contribution is -0.134. The summed E-state index contributed by atoms with van der Waals surface area (Å²) in [6, 6.07) is 4.50. The van der Waals surface area contributed by atoms with Gasteiger partial charge >= 0.3 is 6.09 Å². The molecule has 1 fully saturated rings. The highest BCUT2D eigenvalue weighted by molar-refractivity contribution is 6.02. The number of ether oxygens (including phenoxy) is 3. The minimum atomic E-state index is -0.718. The number of H-pyrrole nitrogens is 1. The van der Waals surface area contributed by atoms with Crippen LogP contribution in [0.1, 0.15) is 24.3 Å². The van der Waals surface area contributed by atoms with Gasteiger partial charge in [-0.1, -0.05) is 0 Å². The molecule has 0 bridgehead atoms. The highest BCUT2D eigenvalue weighted by Crippen LogP contribution is 2.35. The normalized spacial score (nSPS) is 14.8. The Morgan fingerprint density at radius 2 is 1.77 bits per heavy atom. The summed E-state index contributed by atoms with van der Waals surface area (Å²) in [5, 5.41) is 3.45. The predicted octanol–water partition coefficient (Wildman–Crippen LogP) is 1.60. The summed E-state index contributed by atoms with van der Waals surface area (Å²) >= 11 is 0. The molecule has 10 heteroatoms. The van der Waals surface area contributed by atoms with Gasteiger partial charge < -0.3 is 34.3 Å². The summed E-state index contributed by atoms with van der Waals surface area (Å²) < 4.78 is 15.7. The third-order valence-corrected chi connectivity index (χ3v) is 5.22. The highest BCUT2D eigenvalue weighted by Gasteiger charge is 2.28. The molecular formula is C21H28N4O6. The van der Waals surface area contributed by atoms with E-state index in [1.807, 2.05) is 0 Å². The molecule has 1 atom stereocenters. The molecule has 2 aromatic rings. The molecule has 3 amide bonds. The molecule has 3 rings (SSSR count). The van der Waals surface area contributed by atoms with Crippen LogP contribution >= 0.6 is 0 Å². The Kier molecular flexibility index (Phi) is 6.88. The van der Waals surface area contributed by atoms with E-state index < -0.39 is 11.9 Å². The highest BCUT2D eigenvalue weighted by atomic mass is 16.6. The van der Waals surface area contributed by atoms with Crippen LogP contribution in [0.4, 0.5) is 4.79 Å². The van der Waals surface area contributed by atoms with Gasteiger partial charge in [-0.25, -0.2) is 4.79 Å². The second kappa shape index (κ2) is 9.59. The number of aromatic amines is 1. The van der Waals surface area contributed by atoms with E-state index in [0.717, 1.165) is 5.52 Å². The number of rotatable bonds is 6. The molecule has 1 aromatic carbocycles. The van der Waals surface area contributed by atoms with Gasteiger partial charge in [-0.3, -0.25) is 9.59 Å². The summed E-state index contributed by atoms with van der Waals surface area (Å²) in [5.41, 5.74) is 1.03. The van der Waals surface area contributed by atoms with Gasteiger partial charge in [-0.2, -0.15) is 0 Å². The van der Waals surface area contributed by atoms with Crippen LogP contribution in [0.2, 0.25) is 0 Å². The Balaban J connectivity index is 1.63. The molecule has 0 spiro atoms. The van der Waals surface area contributed by atoms with Crippen molar-refractivity contribution in [2.75, 3.05) is 47.0 Å². The summed E-state index contributed by atoms with van der Waals surface area (Å²) in [5.74, 6) is 0.487. The van der Waals surface area contributed by atoms with Gasteiger partial charge in [0.1, 0.15) is 11.7 Å². The van der Waals surface area contributed by atoms with Gasteiger partial charge in [0.25, 0.3) is 5.91 Å². The van der Waals surface area contributed by atoms with E-state index in [1.165, 1.54) is 7.11 Å². The molecule has 0 aliphatic carbocycles. The average molecular weight is 432 g/mol. The van der Waals surface area contributed by atoms with Crippen molar-refractivity contribution in [3.63, 3.8) is 0 Å². The lowest BCUT2D eigenvalue weighted by Crippen LogP contribution is -2.55. The van der Waals surface area contributed by atoms with E-state index in [9.17, 15) is 14.4 Å². The topological polar surface area (TPSA) is 113 Å². The molecule has 1 aromatic heterocycles. The second-order valence-corrected chi connectivity index (χ2v) is 7.15. The number of benzene rings is 1. The third kappa shape index (κ3) is 4.68. The first-order chi connectivity index (χ1) is 14.9. The van der Waals surface area contributed by atoms with Crippen molar-refractivity contribution >= 4 is 28.8 Å². The third-order valence-electron chi connectivity index (χ3n) is 5.22. The SMILES string of the molecule is CCOC(=O)N1CCN(C(=O)[C@@H](C)NC(=O)c2cc3c(OC)c(OC)ccc3[nH]2)CC1. The lowest BCUT2D eigenvalue weighted by atomic mass is 10.2. The number of nitrogens with one attached hydrogen (secondary N) is 2. The van der Waals surface area contributed by atoms with Crippen molar-refractivity contribution < 1.29 is 28.6 Å². The first-order valence-electron chi connectivity index (χ1n) is 10.1. The Labute approximate surface area is 180 Å². The predicted molar refractivity (Wildman–Crippen MR) is 114 cm³/mol. The molecule has 0 radical (unpaired) electrons. The van der Waals surface area contributed by atoms with Crippen LogP contribution in [0.3, 0.4) is 0 Å². The van der Waals surface area contributed by atoms with Crippen molar-refractivity contribution in [1.82, 2.24) is 20.1 Å². The first kappa shape index (κ1) is 22.3. The zero-order chi connectivity index (χ0) is 22.5. The van der Waals surface area contributed by atoms with Crippen LogP contribution in [0, 0.1) is 0 Å². The van der Waals surface area contributed by atoms with E-state index in [4.69, 9.17) is 14.2 Å². The van der Waals surface area contributed by atoms with Crippen LogP contribution < -0.4 is 14.8 Å². The van der Waals surface area contributed by atoms with Crippen molar-refractivity contribution in [1.29, 1.82) is 0 Å². The lowest BCUT2D eigenvalue weighted by Gasteiger charge is -2.35. The summed E-state index contributed by atoms with van der Waals surface area (Å²) in [6.07, 6.45) is -0.373. The van der Waals surface area contributed by atoms with Crippen LogP contribution in [0.5, 0.6) is 11.5 Å². The minimum absolute atomic E-state index is 0.202. The quantitative estimate of drug-likeness (QED) is 0.717. The first-order valence-corrected chi connectivity index (χ1v) is 10.1. The van der Waals surface area contributed by atoms with Gasteiger partial charge in [-0.05, 0) is 32.0 Å². The maximum atomic E-state index is 12.8. The Hall–Kier alpha value is -3.43. The molecule has 2 N–H and O–H groups in total. The molecule has 31 heavy (non-hydrogen) atoms. The molecule has 10 nitrogen and oxygen atoms in total. The standard InChI is InChI=1S/C21H28N4O6/c1-5-31-21(28)25-10-8-24(9-11-25)20(27)13(2)22-19(26)16-12-14-15(23-16)6-7-17(29-3)18(14)30-4/h6-7,12-13,23H,5,8-11H2,1-4H3,(H,22,26)/t13-/m1/s1. The van der Waals surface area contributed by atoms with E-state index in [1.54, 1.807) is 49.0 Å². The van der Waals surface area contributed by atoms with E-state index >= 15 is 0 Å². The van der Waals surface area contributed by atoms with Gasteiger partial charge in [0.05, 0.1) is 26.3 Å². The van der Waals surface area contributed by atoms with Crippen molar-refractivity contribution in [3.05, 3.63) is 23.9 Å². The Morgan fingerprint density at radius 1 is 1.10 bits per heavy atom. The van der Waals surface area contributed by atoms with E-state index in [-0.39, 0.29) is 12.0 Å². The number of methoxy groups -OCH3 is 2. The summed E-state index contributed by atoms with van der Waals surface area (Å²) in [4.78, 5) is 43.5. The molecule has 168 valence electrons. The van der Waals surface area contributed by atoms with Crippen molar-refractivity contribution in [2.45, 2.75) is 19.9 Å². The average Bonchev–Trinajstić information content (AvgIpc) is 3.22. The Morgan fingerprint density at radius 3 is 2.39 bits per heavy atom. The molecule has 1 saturated heterocycles. The van der Waals surface area contributed by atoms with Crippen molar-refractivity contribution in [3.8, 4) is 11.5 Å². The molecule has 0 saturated carbocycles. The molecule has 2 heterocycles. The van der Waals surface area contributed by atoms with Crippen LogP contribution in [0.25, 0.3) is 10.9 Å². The fourth-order valence-corrected chi connectivity index (χ4v) is 3.59. The molecule has 0 unspecified atom stereocenters. The Bertz CT molecular complexity index is 964. The van der Waals surface area contributed by atoms with Crippen molar-refractivity contribution in [2.24, 2.45) is 0 Å². The second-order valence-electron chi connectivity index (χ2n) is 7.15. The molecule has 1 aliphatic heterocycles. The van der Waals surface area contributed by atoms with Gasteiger partial charge in [0.2, 0.25) is 5.91 Å². The van der Waals surface area contributed by atoms with Crippen LogP contribution in [-0.4, -0.2) is 85.7 Å². The van der Waals surface area contributed by atoms with Gasteiger partial charge in [-0.15, -0.1) is 0 Å². The van der Waals surface area contributed by atoms with E-state index in [0.29, 0.717) is 55.4 Å². The van der Waals surface area contributed by atoms with Crippen LogP contribution in [0.15, 0.2) is 18.2 Å². The number of hydrogen-bond acceptors (Lipinski definition) is 6. The number of fused-ring (bicyclic) bond motifs is 1. The van der Waals surface area contributed by atoms with Gasteiger partial charge in [0.15, 0.2) is 11.5 Å². The summed E-state index contributed by atoms with van der Waals surface area (Å²) in [6.45, 7) is 5.28. The fourth-order valence-electron chi connectivity index (χ4n) is 3.59. The number of aromatic nitrogens is 1. The van der Waals surface area contributed by atoms with Crippen LogP contribution in [-0.2, 0) is 9.53 Å². The monoisotopic (exact) mass is 432 g/mol. The number of carbonyl (C=O) groups excluding carboxylic acids is 3.